The Balaban J connectivity index is 1.52. The second-order valence-electron chi connectivity index (χ2n) is 8.65. The van der Waals surface area contributed by atoms with Gasteiger partial charge in [0.2, 0.25) is 0 Å². The molecule has 4 N–H and O–H groups in total. The van der Waals surface area contributed by atoms with Crippen LogP contribution in [0.15, 0.2) is 12.1 Å². The third kappa shape index (κ3) is 5.23. The van der Waals surface area contributed by atoms with E-state index in [1.165, 1.54) is 51.4 Å². The molecule has 2 fully saturated rings. The molecule has 0 spiro atoms. The molecule has 6 nitrogen and oxygen atoms in total. The van der Waals surface area contributed by atoms with E-state index in [-0.39, 0.29) is 0 Å². The van der Waals surface area contributed by atoms with Gasteiger partial charge >= 0.3 is 0 Å². The summed E-state index contributed by atoms with van der Waals surface area (Å²) < 4.78 is 5.55. The van der Waals surface area contributed by atoms with Gasteiger partial charge < -0.3 is 26.0 Å². The summed E-state index contributed by atoms with van der Waals surface area (Å²) in [5.41, 5.74) is 2.15. The van der Waals surface area contributed by atoms with Gasteiger partial charge in [-0.1, -0.05) is 25.7 Å². The summed E-state index contributed by atoms with van der Waals surface area (Å²) in [6, 6.07) is 6.32. The Bertz CT molecular complexity index is 577. The quantitative estimate of drug-likeness (QED) is 0.592. The van der Waals surface area contributed by atoms with Crippen LogP contribution in [-0.2, 0) is 13.1 Å². The summed E-state index contributed by atoms with van der Waals surface area (Å²) in [5.74, 6) is 0.907. The number of nitrogens with zero attached hydrogens (tertiary/aromatic N) is 1. The van der Waals surface area contributed by atoms with E-state index in [0.29, 0.717) is 24.2 Å². The number of ether oxygens (including phenoxy) is 1. The van der Waals surface area contributed by atoms with Crippen molar-refractivity contribution in [2.45, 2.75) is 88.6 Å². The van der Waals surface area contributed by atoms with Gasteiger partial charge in [0.05, 0.1) is 18.5 Å². The fourth-order valence-corrected chi connectivity index (χ4v) is 5.14. The fraction of sp³-hybridized carbons (Fsp3) is 0.773. The molecule has 0 radical (unpaired) electrons. The van der Waals surface area contributed by atoms with Crippen molar-refractivity contribution < 1.29 is 4.74 Å². The molecular formula is C22H37N5O. The Morgan fingerprint density at radius 3 is 1.57 bits per heavy atom. The van der Waals surface area contributed by atoms with Gasteiger partial charge in [-0.25, -0.2) is 0 Å². The average Bonchev–Trinajstić information content (AvgIpc) is 2.74. The second kappa shape index (κ2) is 10.0. The first kappa shape index (κ1) is 20.1. The number of fused-ring (bicyclic) bond motifs is 4. The van der Waals surface area contributed by atoms with Crippen molar-refractivity contribution in [2.24, 2.45) is 0 Å². The van der Waals surface area contributed by atoms with Gasteiger partial charge in [-0.2, -0.15) is 0 Å². The van der Waals surface area contributed by atoms with Crippen LogP contribution in [-0.4, -0.2) is 49.4 Å². The zero-order valence-corrected chi connectivity index (χ0v) is 17.3. The van der Waals surface area contributed by atoms with E-state index in [0.717, 1.165) is 43.3 Å². The molecule has 1 aliphatic heterocycles. The van der Waals surface area contributed by atoms with Crippen LogP contribution < -0.4 is 26.0 Å². The number of pyridine rings is 1. The summed E-state index contributed by atoms with van der Waals surface area (Å²) in [7, 11) is 1.74. The summed E-state index contributed by atoms with van der Waals surface area (Å²) in [4.78, 5) is 4.92. The molecule has 0 saturated heterocycles. The molecule has 0 aromatic carbocycles. The van der Waals surface area contributed by atoms with Crippen LogP contribution in [0.5, 0.6) is 5.75 Å². The van der Waals surface area contributed by atoms with Crippen LogP contribution in [0, 0.1) is 0 Å². The van der Waals surface area contributed by atoms with E-state index >= 15 is 0 Å². The maximum atomic E-state index is 5.55. The van der Waals surface area contributed by atoms with Gasteiger partial charge in [-0.05, 0) is 25.7 Å². The van der Waals surface area contributed by atoms with Gasteiger partial charge in [0.15, 0.2) is 0 Å². The third-order valence-corrected chi connectivity index (χ3v) is 6.70. The summed E-state index contributed by atoms with van der Waals surface area (Å²) >= 11 is 0. The summed E-state index contributed by atoms with van der Waals surface area (Å²) in [6.45, 7) is 3.70. The van der Waals surface area contributed by atoms with Gasteiger partial charge in [-0.3, -0.25) is 4.98 Å². The van der Waals surface area contributed by atoms with E-state index < -0.39 is 0 Å². The highest BCUT2D eigenvalue weighted by molar-refractivity contribution is 5.27. The monoisotopic (exact) mass is 387 g/mol. The van der Waals surface area contributed by atoms with Crippen molar-refractivity contribution in [1.29, 1.82) is 0 Å². The van der Waals surface area contributed by atoms with Gasteiger partial charge in [0.1, 0.15) is 5.75 Å². The van der Waals surface area contributed by atoms with Crippen molar-refractivity contribution >= 4 is 0 Å². The highest BCUT2D eigenvalue weighted by Gasteiger charge is 2.26. The van der Waals surface area contributed by atoms with E-state index in [2.05, 4.69) is 33.4 Å². The number of methoxy groups -OCH3 is 1. The van der Waals surface area contributed by atoms with Crippen LogP contribution in [0.4, 0.5) is 0 Å². The molecule has 2 aliphatic carbocycles. The number of hydrogen-bond donors (Lipinski definition) is 4. The average molecular weight is 388 g/mol. The lowest BCUT2D eigenvalue weighted by atomic mass is 9.89. The smallest absolute Gasteiger partial charge is 0.122 e. The Morgan fingerprint density at radius 1 is 0.714 bits per heavy atom. The maximum absolute atomic E-state index is 5.55. The topological polar surface area (TPSA) is 70.2 Å². The highest BCUT2D eigenvalue weighted by Crippen LogP contribution is 2.22. The van der Waals surface area contributed by atoms with Crippen LogP contribution >= 0.6 is 0 Å². The first-order valence-electron chi connectivity index (χ1n) is 11.3. The van der Waals surface area contributed by atoms with Crippen molar-refractivity contribution in [3.63, 3.8) is 0 Å². The molecule has 2 heterocycles. The molecule has 6 heteroatoms. The second-order valence-corrected chi connectivity index (χ2v) is 8.65. The Kier molecular flexibility index (Phi) is 7.18. The molecule has 0 amide bonds. The lowest BCUT2D eigenvalue weighted by Crippen LogP contribution is -2.53. The lowest BCUT2D eigenvalue weighted by molar-refractivity contribution is 0.266. The molecule has 28 heavy (non-hydrogen) atoms. The van der Waals surface area contributed by atoms with Crippen LogP contribution in [0.2, 0.25) is 0 Å². The molecule has 4 atom stereocenters. The summed E-state index contributed by atoms with van der Waals surface area (Å²) in [5, 5.41) is 15.2. The lowest BCUT2D eigenvalue weighted by Gasteiger charge is -2.34. The first-order valence-corrected chi connectivity index (χ1v) is 11.3. The predicted molar refractivity (Wildman–Crippen MR) is 113 cm³/mol. The van der Waals surface area contributed by atoms with E-state index in [4.69, 9.17) is 9.72 Å². The normalized spacial score (nSPS) is 32.3. The van der Waals surface area contributed by atoms with Crippen molar-refractivity contribution in [2.75, 3.05) is 20.2 Å². The fourth-order valence-electron chi connectivity index (χ4n) is 5.14. The van der Waals surface area contributed by atoms with E-state index in [9.17, 15) is 0 Å². The van der Waals surface area contributed by atoms with Crippen molar-refractivity contribution in [1.82, 2.24) is 26.3 Å². The predicted octanol–water partition coefficient (Wildman–Crippen LogP) is 2.08. The number of aromatic nitrogens is 1. The molecular weight excluding hydrogens is 350 g/mol. The number of rotatable bonds is 1. The largest absolute Gasteiger partial charge is 0.497 e. The minimum absolute atomic E-state index is 0.524. The molecule has 3 aliphatic rings. The van der Waals surface area contributed by atoms with Crippen LogP contribution in [0.1, 0.15) is 62.8 Å². The molecule has 4 rings (SSSR count). The maximum Gasteiger partial charge on any atom is 0.122 e. The highest BCUT2D eigenvalue weighted by atomic mass is 16.5. The van der Waals surface area contributed by atoms with Crippen LogP contribution in [0.3, 0.4) is 0 Å². The molecule has 2 bridgehead atoms. The zero-order valence-electron chi connectivity index (χ0n) is 17.3. The Morgan fingerprint density at radius 2 is 1.14 bits per heavy atom. The molecule has 1 aromatic rings. The molecule has 2 saturated carbocycles. The first-order chi connectivity index (χ1) is 13.8. The van der Waals surface area contributed by atoms with E-state index in [1.54, 1.807) is 7.11 Å². The standard InChI is InChI=1S/C22H37N5O/c1-28-18-12-16-14-25-21-8-4-2-6-19(21)23-10-11-24-20-7-3-5-9-22(20)26-15-17(13-18)27-16/h12-13,19-26H,2-11,14-15H2,1H3/t19-,20?,21-,22?/m1/s1. The van der Waals surface area contributed by atoms with E-state index in [1.807, 2.05) is 0 Å². The minimum Gasteiger partial charge on any atom is -0.497 e. The zero-order chi connectivity index (χ0) is 19.2. The Hall–Kier alpha value is -1.21. The SMILES string of the molecule is COc1cc2nc(c1)CN[C@@H]1CCCC[C@H]1NCCNC1CCCCC1NC2. The van der Waals surface area contributed by atoms with Crippen LogP contribution in [0.25, 0.3) is 0 Å². The summed E-state index contributed by atoms with van der Waals surface area (Å²) in [6.07, 6.45) is 10.3. The van der Waals surface area contributed by atoms with Crippen molar-refractivity contribution in [3.8, 4) is 5.75 Å². The van der Waals surface area contributed by atoms with Gasteiger partial charge in [0.25, 0.3) is 0 Å². The van der Waals surface area contributed by atoms with Gasteiger partial charge in [0, 0.05) is 62.5 Å². The molecule has 2 unspecified atom stereocenters. The number of nitrogens with one attached hydrogen (secondary N) is 4. The molecule has 1 aromatic heterocycles. The van der Waals surface area contributed by atoms with Crippen molar-refractivity contribution in [3.05, 3.63) is 23.5 Å². The third-order valence-electron chi connectivity index (χ3n) is 6.70. The number of hydrogen-bond acceptors (Lipinski definition) is 6. The molecule has 156 valence electrons. The Labute approximate surface area is 169 Å². The van der Waals surface area contributed by atoms with Gasteiger partial charge in [-0.15, -0.1) is 0 Å². The minimum atomic E-state index is 0.524.